The molecule has 0 unspecified atom stereocenters. The van der Waals surface area contributed by atoms with E-state index in [1.807, 2.05) is 12.1 Å². The first-order valence-corrected chi connectivity index (χ1v) is 11.1. The third kappa shape index (κ3) is 12.4. The van der Waals surface area contributed by atoms with Crippen LogP contribution in [-0.4, -0.2) is 21.9 Å². The summed E-state index contributed by atoms with van der Waals surface area (Å²) in [5, 5.41) is 22.0. The van der Waals surface area contributed by atoms with Gasteiger partial charge in [0.25, 0.3) is 0 Å². The molecule has 0 atom stereocenters. The van der Waals surface area contributed by atoms with Gasteiger partial charge in [0.2, 0.25) is 0 Å². The Balaban J connectivity index is 0.000000688. The van der Waals surface area contributed by atoms with E-state index in [4.69, 9.17) is 32.7 Å². The molecular formula is C26H24CdCl2N2O8+2. The molecule has 0 aliphatic heterocycles. The standard InChI is InChI=1S/2C13H10ClNO3.Cd.2H2O/c2*14-12-6-1-9(7-15-12)8-18-11-4-2-10(3-5-11)13(16)17;;;/h2*1-7H,8H2,(H,16,17);;2*1H2/q;;+2;;. The minimum atomic E-state index is -1.21. The molecule has 0 aliphatic carbocycles. The monoisotopic (exact) mass is 676 g/mol. The average molecular weight is 676 g/mol. The van der Waals surface area contributed by atoms with Crippen LogP contribution in [0.2, 0.25) is 10.3 Å². The fraction of sp³-hybridized carbons (Fsp3) is 0.0769. The van der Waals surface area contributed by atoms with E-state index in [9.17, 15) is 19.8 Å². The summed E-state index contributed by atoms with van der Waals surface area (Å²) in [4.78, 5) is 29.0. The number of rotatable bonds is 8. The van der Waals surface area contributed by atoms with Gasteiger partial charge < -0.3 is 40.2 Å². The predicted molar refractivity (Wildman–Crippen MR) is 138 cm³/mol. The first-order chi connectivity index (χ1) is 17.3. The molecule has 4 aromatic rings. The second-order valence-electron chi connectivity index (χ2n) is 7.18. The topological polar surface area (TPSA) is 190 Å². The van der Waals surface area contributed by atoms with Crippen LogP contribution in [0, 0.1) is 0 Å². The van der Waals surface area contributed by atoms with Gasteiger partial charge in [0.15, 0.2) is 0 Å². The van der Waals surface area contributed by atoms with Crippen LogP contribution in [0.4, 0.5) is 0 Å². The van der Waals surface area contributed by atoms with Gasteiger partial charge in [0.1, 0.15) is 35.0 Å². The van der Waals surface area contributed by atoms with Crippen LogP contribution in [-0.2, 0) is 51.5 Å². The van der Waals surface area contributed by atoms with E-state index in [-0.39, 0.29) is 49.4 Å². The maximum atomic E-state index is 10.6. The average Bonchev–Trinajstić information content (AvgIpc) is 2.89. The molecule has 0 bridgehead atoms. The van der Waals surface area contributed by atoms with Crippen molar-refractivity contribution in [2.24, 2.45) is 0 Å². The summed E-state index contributed by atoms with van der Waals surface area (Å²) >= 11 is 11.3. The molecule has 0 radical (unpaired) electrons. The molecule has 4 rings (SSSR count). The minimum Gasteiger partial charge on any atom is -0.545 e. The van der Waals surface area contributed by atoms with E-state index in [2.05, 4.69) is 9.97 Å². The van der Waals surface area contributed by atoms with Crippen LogP contribution in [0.5, 0.6) is 11.5 Å². The summed E-state index contributed by atoms with van der Waals surface area (Å²) in [6, 6.07) is 19.0. The quantitative estimate of drug-likeness (QED) is 0.152. The number of pyridine rings is 2. The molecule has 0 aliphatic rings. The van der Waals surface area contributed by atoms with Crippen molar-refractivity contribution >= 4 is 35.1 Å². The molecule has 0 saturated carbocycles. The third-order valence-electron chi connectivity index (χ3n) is 4.57. The molecule has 39 heavy (non-hydrogen) atoms. The number of aromatic carboxylic acids is 2. The van der Waals surface area contributed by atoms with E-state index >= 15 is 0 Å². The molecule has 13 heteroatoms. The first kappa shape index (κ1) is 35.7. The van der Waals surface area contributed by atoms with Crippen LogP contribution in [0.15, 0.2) is 85.2 Å². The van der Waals surface area contributed by atoms with Crippen molar-refractivity contribution in [2.45, 2.75) is 13.2 Å². The van der Waals surface area contributed by atoms with Crippen LogP contribution >= 0.6 is 23.2 Å². The van der Waals surface area contributed by atoms with Crippen molar-refractivity contribution in [3.63, 3.8) is 0 Å². The van der Waals surface area contributed by atoms with Gasteiger partial charge in [-0.05, 0) is 71.8 Å². The van der Waals surface area contributed by atoms with Gasteiger partial charge in [-0.1, -0.05) is 35.3 Å². The first-order valence-electron chi connectivity index (χ1n) is 10.4. The van der Waals surface area contributed by atoms with Crippen molar-refractivity contribution in [3.8, 4) is 11.5 Å². The Kier molecular flexibility index (Phi) is 16.5. The summed E-state index contributed by atoms with van der Waals surface area (Å²) in [7, 11) is 0. The zero-order chi connectivity index (χ0) is 25.9. The summed E-state index contributed by atoms with van der Waals surface area (Å²) in [6.07, 6.45) is 3.25. The molecule has 6 N–H and O–H groups in total. The van der Waals surface area contributed by atoms with Gasteiger partial charge in [-0.2, -0.15) is 0 Å². The number of aromatic nitrogens is 2. The SMILES string of the molecule is O=C([O-])c1ccc(OCc2ccc(Cl)nc2)cc1.O=C([O-])c1ccc(OCc2ccc(Cl)nc2)cc1.[Cd+2].[OH3+].[OH3+]. The molecule has 10 nitrogen and oxygen atoms in total. The molecule has 0 saturated heterocycles. The number of ether oxygens (including phenoxy) is 2. The number of benzene rings is 2. The van der Waals surface area contributed by atoms with E-state index in [1.165, 1.54) is 24.3 Å². The Morgan fingerprint density at radius 2 is 0.949 bits per heavy atom. The Morgan fingerprint density at radius 1 is 0.615 bits per heavy atom. The molecule has 0 amide bonds. The maximum absolute atomic E-state index is 10.6. The number of hydrogen-bond acceptors (Lipinski definition) is 8. The number of carbonyl (C=O) groups is 2. The normalized spacial score (nSPS) is 9.28. The number of hydrogen-bond donors (Lipinski definition) is 0. The molecule has 0 fully saturated rings. The van der Waals surface area contributed by atoms with Crippen LogP contribution < -0.4 is 19.7 Å². The summed E-state index contributed by atoms with van der Waals surface area (Å²) in [5.41, 5.74) is 2.00. The number of carboxylic acid groups (broad SMARTS) is 2. The minimum absolute atomic E-state index is 0. The van der Waals surface area contributed by atoms with E-state index in [0.717, 1.165) is 11.1 Å². The van der Waals surface area contributed by atoms with Crippen molar-refractivity contribution in [3.05, 3.63) is 118 Å². The van der Waals surface area contributed by atoms with Crippen LogP contribution in [0.1, 0.15) is 31.8 Å². The zero-order valence-corrected chi connectivity index (χ0v) is 26.0. The fourth-order valence-corrected chi connectivity index (χ4v) is 2.92. The summed E-state index contributed by atoms with van der Waals surface area (Å²) in [6.45, 7) is 0.684. The van der Waals surface area contributed by atoms with Crippen molar-refractivity contribution in [1.29, 1.82) is 0 Å². The van der Waals surface area contributed by atoms with Crippen LogP contribution in [0.25, 0.3) is 0 Å². The zero-order valence-electron chi connectivity index (χ0n) is 20.5. The van der Waals surface area contributed by atoms with Crippen LogP contribution in [0.3, 0.4) is 0 Å². The summed E-state index contributed by atoms with van der Waals surface area (Å²) in [5.74, 6) is -1.25. The Hall–Kier alpha value is -3.30. The smallest absolute Gasteiger partial charge is 0.545 e. The van der Waals surface area contributed by atoms with E-state index in [0.29, 0.717) is 35.0 Å². The molecule has 200 valence electrons. The van der Waals surface area contributed by atoms with Gasteiger partial charge in [0.05, 0.1) is 11.9 Å². The van der Waals surface area contributed by atoms with Crippen molar-refractivity contribution in [1.82, 2.24) is 9.97 Å². The second kappa shape index (κ2) is 18.1. The second-order valence-corrected chi connectivity index (χ2v) is 7.95. The number of carbonyl (C=O) groups excluding carboxylic acids is 2. The largest absolute Gasteiger partial charge is 2.00 e. The van der Waals surface area contributed by atoms with Gasteiger partial charge in [-0.15, -0.1) is 0 Å². The molecular weight excluding hydrogens is 652 g/mol. The number of carboxylic acids is 2. The summed E-state index contributed by atoms with van der Waals surface area (Å²) < 4.78 is 10.9. The van der Waals surface area contributed by atoms with Crippen molar-refractivity contribution < 1.29 is 67.5 Å². The third-order valence-corrected chi connectivity index (χ3v) is 5.02. The maximum Gasteiger partial charge on any atom is 2.00 e. The number of halogens is 2. The molecule has 2 aromatic heterocycles. The number of nitrogens with zero attached hydrogens (tertiary/aromatic N) is 2. The van der Waals surface area contributed by atoms with Crippen molar-refractivity contribution in [2.75, 3.05) is 0 Å². The Labute approximate surface area is 253 Å². The molecule has 2 heterocycles. The predicted octanol–water partition coefficient (Wildman–Crippen LogP) is 1.51. The van der Waals surface area contributed by atoms with Gasteiger partial charge in [-0.3, -0.25) is 0 Å². The fourth-order valence-electron chi connectivity index (χ4n) is 2.69. The Morgan fingerprint density at radius 3 is 1.21 bits per heavy atom. The van der Waals surface area contributed by atoms with E-state index in [1.54, 1.807) is 48.8 Å². The molecule has 2 aromatic carbocycles. The van der Waals surface area contributed by atoms with E-state index < -0.39 is 11.9 Å². The van der Waals surface area contributed by atoms with Gasteiger partial charge in [0, 0.05) is 23.5 Å². The Bertz CT molecular complexity index is 1190. The van der Waals surface area contributed by atoms with Gasteiger partial charge in [-0.25, -0.2) is 9.97 Å². The molecule has 0 spiro atoms. The van der Waals surface area contributed by atoms with Gasteiger partial charge >= 0.3 is 27.3 Å².